The molecule has 0 aromatic carbocycles. The summed E-state index contributed by atoms with van der Waals surface area (Å²) >= 11 is 6.25. The Morgan fingerprint density at radius 1 is 1.29 bits per heavy atom. The third kappa shape index (κ3) is 4.49. The highest BCUT2D eigenvalue weighted by Gasteiger charge is 2.26. The van der Waals surface area contributed by atoms with Gasteiger partial charge in [0.15, 0.2) is 0 Å². The van der Waals surface area contributed by atoms with Crippen molar-refractivity contribution in [1.29, 1.82) is 10.5 Å². The Bertz CT molecular complexity index is 1060. The van der Waals surface area contributed by atoms with Gasteiger partial charge in [0.2, 0.25) is 11.8 Å². The van der Waals surface area contributed by atoms with E-state index in [-0.39, 0.29) is 17.8 Å². The predicted molar refractivity (Wildman–Crippen MR) is 112 cm³/mol. The van der Waals surface area contributed by atoms with E-state index in [0.29, 0.717) is 55.9 Å². The summed E-state index contributed by atoms with van der Waals surface area (Å²) in [4.78, 5) is 11.0. The largest absolute Gasteiger partial charge is 0.481 e. The molecule has 2 aliphatic heterocycles. The third-order valence-electron chi connectivity index (χ3n) is 5.27. The normalized spacial score (nSPS) is 15.9. The van der Waals surface area contributed by atoms with Gasteiger partial charge in [-0.1, -0.05) is 11.6 Å². The lowest BCUT2D eigenvalue weighted by atomic mass is 9.96. The van der Waals surface area contributed by atoms with E-state index in [0.717, 1.165) is 23.2 Å². The average molecular weight is 441 g/mol. The Kier molecular flexibility index (Phi) is 6.38. The predicted octanol–water partition coefficient (Wildman–Crippen LogP) is 2.28. The molecular formula is C21H21ClN6O3. The molecule has 0 unspecified atom stereocenters. The smallest absolute Gasteiger partial charge is 0.220 e. The molecule has 0 atom stereocenters. The monoisotopic (exact) mass is 440 g/mol. The van der Waals surface area contributed by atoms with Crippen molar-refractivity contribution in [1.82, 2.24) is 14.9 Å². The zero-order chi connectivity index (χ0) is 21.8. The van der Waals surface area contributed by atoms with Crippen molar-refractivity contribution in [2.45, 2.75) is 25.6 Å². The Labute approximate surface area is 185 Å². The van der Waals surface area contributed by atoms with Crippen LogP contribution < -0.4 is 14.8 Å². The lowest BCUT2D eigenvalue weighted by Crippen LogP contribution is -2.38. The molecule has 1 N–H and O–H groups in total. The molecule has 4 rings (SSSR count). The molecule has 2 aromatic heterocycles. The highest BCUT2D eigenvalue weighted by molar-refractivity contribution is 6.30. The average Bonchev–Trinajstić information content (AvgIpc) is 2.75. The number of hydrogen-bond donors (Lipinski definition) is 1. The number of fused-ring (bicyclic) bond motifs is 1. The fraction of sp³-hybridized carbons (Fsp3) is 0.429. The van der Waals surface area contributed by atoms with Crippen molar-refractivity contribution < 1.29 is 14.2 Å². The number of nitrogens with one attached hydrogen (secondary N) is 1. The maximum Gasteiger partial charge on any atom is 0.220 e. The molecule has 0 radical (unpaired) electrons. The Morgan fingerprint density at radius 2 is 2.13 bits per heavy atom. The topological polar surface area (TPSA) is 116 Å². The number of pyridine rings is 2. The number of anilines is 1. The summed E-state index contributed by atoms with van der Waals surface area (Å²) in [6.07, 6.45) is 0.717. The Morgan fingerprint density at radius 3 is 2.81 bits per heavy atom. The Hall–Kier alpha value is -3.11. The van der Waals surface area contributed by atoms with Crippen LogP contribution in [0.5, 0.6) is 11.8 Å². The van der Waals surface area contributed by atoms with Crippen LogP contribution in [0, 0.1) is 22.7 Å². The van der Waals surface area contributed by atoms with Gasteiger partial charge in [-0.3, -0.25) is 4.90 Å². The maximum absolute atomic E-state index is 9.61. The quantitative estimate of drug-likeness (QED) is 0.511. The number of nitrogens with zero attached hydrogens (tertiary/aromatic N) is 5. The fourth-order valence-electron chi connectivity index (χ4n) is 3.68. The summed E-state index contributed by atoms with van der Waals surface area (Å²) in [6, 6.07) is 7.99. The van der Waals surface area contributed by atoms with Crippen LogP contribution in [0.2, 0.25) is 5.15 Å². The van der Waals surface area contributed by atoms with Crippen molar-refractivity contribution in [2.75, 3.05) is 38.7 Å². The number of methoxy groups -OCH3 is 1. The molecule has 4 heterocycles. The van der Waals surface area contributed by atoms with Gasteiger partial charge in [-0.2, -0.15) is 15.5 Å². The minimum Gasteiger partial charge on any atom is -0.481 e. The van der Waals surface area contributed by atoms with Crippen molar-refractivity contribution >= 4 is 17.4 Å². The van der Waals surface area contributed by atoms with E-state index in [4.69, 9.17) is 31.1 Å². The second-order valence-corrected chi connectivity index (χ2v) is 7.62. The summed E-state index contributed by atoms with van der Waals surface area (Å²) in [5.41, 5.74) is 3.07. The summed E-state index contributed by atoms with van der Waals surface area (Å²) in [5.74, 6) is 1.59. The standard InChI is InChI=1S/C21H21ClN6O3/c1-29-21-13(2-3-18(26-21)31-14-11-30-12-14)9-28-7-4-15-17(10-28)16(8-24)19(22)27-20(15)25-6-5-23/h2-3,14H,4,6-7,9-12H2,1H3,(H,25,27). The van der Waals surface area contributed by atoms with E-state index in [1.54, 1.807) is 7.11 Å². The first-order valence-electron chi connectivity index (χ1n) is 9.85. The van der Waals surface area contributed by atoms with Crippen molar-refractivity contribution in [3.8, 4) is 23.9 Å². The number of aromatic nitrogens is 2. The van der Waals surface area contributed by atoms with E-state index in [2.05, 4.69) is 26.3 Å². The Balaban J connectivity index is 1.54. The van der Waals surface area contributed by atoms with Gasteiger partial charge in [0.25, 0.3) is 0 Å². The van der Waals surface area contributed by atoms with Crippen LogP contribution in [-0.2, 0) is 24.2 Å². The van der Waals surface area contributed by atoms with Crippen LogP contribution in [-0.4, -0.2) is 54.4 Å². The van der Waals surface area contributed by atoms with Gasteiger partial charge < -0.3 is 19.5 Å². The maximum atomic E-state index is 9.61. The summed E-state index contributed by atoms with van der Waals surface area (Å²) in [6.45, 7) is 3.14. The van der Waals surface area contributed by atoms with Gasteiger partial charge in [0.1, 0.15) is 29.7 Å². The molecule has 10 heteroatoms. The molecule has 0 spiro atoms. The first kappa shape index (κ1) is 21.1. The van der Waals surface area contributed by atoms with E-state index in [1.165, 1.54) is 0 Å². The van der Waals surface area contributed by atoms with E-state index < -0.39 is 0 Å². The molecule has 0 saturated carbocycles. The molecule has 2 aromatic rings. The van der Waals surface area contributed by atoms with Crippen molar-refractivity contribution in [2.24, 2.45) is 0 Å². The van der Waals surface area contributed by atoms with Crippen molar-refractivity contribution in [3.63, 3.8) is 0 Å². The number of hydrogen-bond acceptors (Lipinski definition) is 9. The zero-order valence-electron chi connectivity index (χ0n) is 17.0. The van der Waals surface area contributed by atoms with Gasteiger partial charge in [-0.05, 0) is 18.1 Å². The first-order chi connectivity index (χ1) is 15.1. The van der Waals surface area contributed by atoms with Gasteiger partial charge in [-0.15, -0.1) is 0 Å². The van der Waals surface area contributed by atoms with E-state index in [9.17, 15) is 5.26 Å². The van der Waals surface area contributed by atoms with Gasteiger partial charge in [-0.25, -0.2) is 4.98 Å². The molecule has 0 amide bonds. The molecule has 0 bridgehead atoms. The first-order valence-corrected chi connectivity index (χ1v) is 10.2. The SMILES string of the molecule is COc1nc(OC2COC2)ccc1CN1CCc2c(NCC#N)nc(Cl)c(C#N)c2C1. The third-order valence-corrected chi connectivity index (χ3v) is 5.54. The van der Waals surface area contributed by atoms with Gasteiger partial charge in [0.05, 0.1) is 32.0 Å². The van der Waals surface area contributed by atoms with Crippen LogP contribution in [0.4, 0.5) is 5.82 Å². The van der Waals surface area contributed by atoms with Gasteiger partial charge >= 0.3 is 0 Å². The summed E-state index contributed by atoms with van der Waals surface area (Å²) < 4.78 is 16.4. The number of halogens is 1. The van der Waals surface area contributed by atoms with Crippen LogP contribution in [0.15, 0.2) is 12.1 Å². The molecule has 1 saturated heterocycles. The minimum atomic E-state index is 0.0354. The summed E-state index contributed by atoms with van der Waals surface area (Å²) in [5, 5.41) is 21.6. The van der Waals surface area contributed by atoms with E-state index in [1.807, 2.05) is 18.2 Å². The highest BCUT2D eigenvalue weighted by atomic mass is 35.5. The molecule has 9 nitrogen and oxygen atoms in total. The minimum absolute atomic E-state index is 0.0354. The highest BCUT2D eigenvalue weighted by Crippen LogP contribution is 2.33. The van der Waals surface area contributed by atoms with Gasteiger partial charge in [0, 0.05) is 36.8 Å². The summed E-state index contributed by atoms with van der Waals surface area (Å²) in [7, 11) is 1.58. The van der Waals surface area contributed by atoms with Crippen LogP contribution >= 0.6 is 11.6 Å². The number of rotatable bonds is 7. The molecule has 2 aliphatic rings. The lowest BCUT2D eigenvalue weighted by Gasteiger charge is -2.31. The molecular weight excluding hydrogens is 420 g/mol. The second-order valence-electron chi connectivity index (χ2n) is 7.26. The lowest BCUT2D eigenvalue weighted by molar-refractivity contribution is -0.0814. The number of ether oxygens (including phenoxy) is 3. The molecule has 160 valence electrons. The fourth-order valence-corrected chi connectivity index (χ4v) is 3.92. The molecule has 0 aliphatic carbocycles. The number of nitriles is 2. The van der Waals surface area contributed by atoms with Crippen molar-refractivity contribution in [3.05, 3.63) is 39.5 Å². The van der Waals surface area contributed by atoms with E-state index >= 15 is 0 Å². The zero-order valence-corrected chi connectivity index (χ0v) is 17.8. The van der Waals surface area contributed by atoms with Crippen LogP contribution in [0.1, 0.15) is 22.3 Å². The van der Waals surface area contributed by atoms with Crippen LogP contribution in [0.25, 0.3) is 0 Å². The second kappa shape index (κ2) is 9.36. The molecule has 31 heavy (non-hydrogen) atoms. The molecule has 1 fully saturated rings. The van der Waals surface area contributed by atoms with Crippen LogP contribution in [0.3, 0.4) is 0 Å².